The molecule has 0 aromatic heterocycles. The molecule has 0 radical (unpaired) electrons. The number of benzene rings is 3. The lowest BCUT2D eigenvalue weighted by Gasteiger charge is -2.11. The second-order valence-corrected chi connectivity index (χ2v) is 5.93. The van der Waals surface area contributed by atoms with Gasteiger partial charge in [0.15, 0.2) is 0 Å². The van der Waals surface area contributed by atoms with Crippen molar-refractivity contribution in [3.63, 3.8) is 0 Å². The van der Waals surface area contributed by atoms with Crippen LogP contribution >= 0.6 is 11.8 Å². The van der Waals surface area contributed by atoms with Gasteiger partial charge < -0.3 is 5.73 Å². The predicted octanol–water partition coefficient (Wildman–Crippen LogP) is 4.63. The molecule has 1 nitrogen and oxygen atoms in total. The molecule has 0 aliphatic carbocycles. The van der Waals surface area contributed by atoms with Gasteiger partial charge in [0.1, 0.15) is 0 Å². The summed E-state index contributed by atoms with van der Waals surface area (Å²) in [4.78, 5) is 1.27. The van der Waals surface area contributed by atoms with Gasteiger partial charge in [0.2, 0.25) is 0 Å². The monoisotopic (exact) mass is 279 g/mol. The van der Waals surface area contributed by atoms with E-state index in [0.29, 0.717) is 0 Å². The van der Waals surface area contributed by atoms with Crippen LogP contribution in [-0.2, 0) is 0 Å². The van der Waals surface area contributed by atoms with Crippen LogP contribution in [0.25, 0.3) is 10.8 Å². The van der Waals surface area contributed by atoms with E-state index in [2.05, 4.69) is 54.6 Å². The Kier molecular flexibility index (Phi) is 4.05. The minimum atomic E-state index is 0.0765. The molecule has 0 heterocycles. The SMILES string of the molecule is NC(CSc1ccc2ccccc2c1)c1ccccc1. The molecule has 0 bridgehead atoms. The van der Waals surface area contributed by atoms with Crippen LogP contribution in [0.5, 0.6) is 0 Å². The summed E-state index contributed by atoms with van der Waals surface area (Å²) in [6.45, 7) is 0. The van der Waals surface area contributed by atoms with Gasteiger partial charge in [0, 0.05) is 16.7 Å². The van der Waals surface area contributed by atoms with Gasteiger partial charge in [-0.25, -0.2) is 0 Å². The Morgan fingerprint density at radius 2 is 1.50 bits per heavy atom. The summed E-state index contributed by atoms with van der Waals surface area (Å²) in [6.07, 6.45) is 0. The second kappa shape index (κ2) is 6.12. The van der Waals surface area contributed by atoms with Gasteiger partial charge in [-0.05, 0) is 28.5 Å². The second-order valence-electron chi connectivity index (χ2n) is 4.84. The van der Waals surface area contributed by atoms with E-state index in [1.165, 1.54) is 21.2 Å². The fourth-order valence-corrected chi connectivity index (χ4v) is 3.18. The van der Waals surface area contributed by atoms with E-state index in [1.54, 1.807) is 0 Å². The minimum Gasteiger partial charge on any atom is -0.323 e. The molecule has 0 amide bonds. The summed E-state index contributed by atoms with van der Waals surface area (Å²) in [5, 5.41) is 2.56. The van der Waals surface area contributed by atoms with E-state index in [9.17, 15) is 0 Å². The number of hydrogen-bond donors (Lipinski definition) is 1. The third-order valence-corrected chi connectivity index (χ3v) is 4.49. The van der Waals surface area contributed by atoms with Gasteiger partial charge in [-0.3, -0.25) is 0 Å². The molecule has 100 valence electrons. The third-order valence-electron chi connectivity index (χ3n) is 3.38. The predicted molar refractivity (Wildman–Crippen MR) is 88.0 cm³/mol. The Bertz CT molecular complexity index is 694. The lowest BCUT2D eigenvalue weighted by Crippen LogP contribution is -2.12. The molecule has 0 saturated carbocycles. The molecule has 20 heavy (non-hydrogen) atoms. The fourth-order valence-electron chi connectivity index (χ4n) is 2.24. The minimum absolute atomic E-state index is 0.0765. The molecule has 1 atom stereocenters. The number of thioether (sulfide) groups is 1. The van der Waals surface area contributed by atoms with E-state index >= 15 is 0 Å². The van der Waals surface area contributed by atoms with E-state index in [1.807, 2.05) is 30.0 Å². The van der Waals surface area contributed by atoms with Gasteiger partial charge in [0.25, 0.3) is 0 Å². The Labute approximate surface area is 123 Å². The molecule has 3 rings (SSSR count). The Hall–Kier alpha value is -1.77. The van der Waals surface area contributed by atoms with Crippen molar-refractivity contribution in [3.05, 3.63) is 78.4 Å². The van der Waals surface area contributed by atoms with Crippen LogP contribution in [0.4, 0.5) is 0 Å². The van der Waals surface area contributed by atoms with Crippen molar-refractivity contribution in [3.8, 4) is 0 Å². The lowest BCUT2D eigenvalue weighted by atomic mass is 10.1. The first-order valence-electron chi connectivity index (χ1n) is 6.75. The average molecular weight is 279 g/mol. The Balaban J connectivity index is 1.70. The number of rotatable bonds is 4. The molecular formula is C18H17NS. The molecule has 1 unspecified atom stereocenters. The first kappa shape index (κ1) is 13.2. The number of fused-ring (bicyclic) bond motifs is 1. The van der Waals surface area contributed by atoms with Crippen LogP contribution in [0.2, 0.25) is 0 Å². The molecule has 2 heteroatoms. The molecule has 3 aromatic rings. The van der Waals surface area contributed by atoms with E-state index in [4.69, 9.17) is 5.73 Å². The summed E-state index contributed by atoms with van der Waals surface area (Å²) in [5.74, 6) is 0.891. The van der Waals surface area contributed by atoms with Gasteiger partial charge in [-0.1, -0.05) is 60.7 Å². The Morgan fingerprint density at radius 3 is 2.30 bits per heavy atom. The van der Waals surface area contributed by atoms with E-state index in [-0.39, 0.29) is 6.04 Å². The third kappa shape index (κ3) is 3.03. The molecule has 3 aromatic carbocycles. The van der Waals surface area contributed by atoms with Crippen LogP contribution in [0.1, 0.15) is 11.6 Å². The molecule has 2 N–H and O–H groups in total. The van der Waals surface area contributed by atoms with Crippen molar-refractivity contribution in [1.82, 2.24) is 0 Å². The van der Waals surface area contributed by atoms with Gasteiger partial charge >= 0.3 is 0 Å². The summed E-state index contributed by atoms with van der Waals surface area (Å²) < 4.78 is 0. The molecule has 0 fully saturated rings. The van der Waals surface area contributed by atoms with E-state index in [0.717, 1.165) is 5.75 Å². The molecule has 0 saturated heterocycles. The highest BCUT2D eigenvalue weighted by Crippen LogP contribution is 2.26. The van der Waals surface area contributed by atoms with Crippen molar-refractivity contribution in [2.45, 2.75) is 10.9 Å². The van der Waals surface area contributed by atoms with Crippen LogP contribution < -0.4 is 5.73 Å². The van der Waals surface area contributed by atoms with E-state index < -0.39 is 0 Å². The molecule has 0 aliphatic heterocycles. The highest BCUT2D eigenvalue weighted by molar-refractivity contribution is 7.99. The van der Waals surface area contributed by atoms with Crippen molar-refractivity contribution >= 4 is 22.5 Å². The van der Waals surface area contributed by atoms with Gasteiger partial charge in [0.05, 0.1) is 0 Å². The van der Waals surface area contributed by atoms with Crippen molar-refractivity contribution in [2.75, 3.05) is 5.75 Å². The normalized spacial score (nSPS) is 12.4. The highest BCUT2D eigenvalue weighted by Gasteiger charge is 2.06. The van der Waals surface area contributed by atoms with Crippen LogP contribution in [0.3, 0.4) is 0 Å². The first-order chi connectivity index (χ1) is 9.83. The fraction of sp³-hybridized carbons (Fsp3) is 0.111. The highest BCUT2D eigenvalue weighted by atomic mass is 32.2. The van der Waals surface area contributed by atoms with Gasteiger partial charge in [-0.15, -0.1) is 11.8 Å². The number of nitrogens with two attached hydrogens (primary N) is 1. The van der Waals surface area contributed by atoms with Crippen LogP contribution in [-0.4, -0.2) is 5.75 Å². The summed E-state index contributed by atoms with van der Waals surface area (Å²) in [7, 11) is 0. The molecule has 0 spiro atoms. The smallest absolute Gasteiger partial charge is 0.0390 e. The number of hydrogen-bond acceptors (Lipinski definition) is 2. The standard InChI is InChI=1S/C18H17NS/c19-18(15-7-2-1-3-8-15)13-20-17-11-10-14-6-4-5-9-16(14)12-17/h1-12,18H,13,19H2. The molecule has 0 aliphatic rings. The zero-order valence-electron chi connectivity index (χ0n) is 11.2. The zero-order chi connectivity index (χ0) is 13.8. The Morgan fingerprint density at radius 1 is 0.800 bits per heavy atom. The maximum atomic E-state index is 6.23. The maximum Gasteiger partial charge on any atom is 0.0390 e. The topological polar surface area (TPSA) is 26.0 Å². The molecular weight excluding hydrogens is 262 g/mol. The zero-order valence-corrected chi connectivity index (χ0v) is 12.0. The van der Waals surface area contributed by atoms with Crippen LogP contribution in [0, 0.1) is 0 Å². The van der Waals surface area contributed by atoms with Crippen molar-refractivity contribution < 1.29 is 0 Å². The van der Waals surface area contributed by atoms with Crippen molar-refractivity contribution in [1.29, 1.82) is 0 Å². The maximum absolute atomic E-state index is 6.23. The summed E-state index contributed by atoms with van der Waals surface area (Å²) >= 11 is 1.81. The summed E-state index contributed by atoms with van der Waals surface area (Å²) in [6, 6.07) is 25.4. The van der Waals surface area contributed by atoms with Gasteiger partial charge in [-0.2, -0.15) is 0 Å². The van der Waals surface area contributed by atoms with Crippen LogP contribution in [0.15, 0.2) is 77.7 Å². The first-order valence-corrected chi connectivity index (χ1v) is 7.73. The van der Waals surface area contributed by atoms with Crippen molar-refractivity contribution in [2.24, 2.45) is 5.73 Å². The summed E-state index contributed by atoms with van der Waals surface area (Å²) in [5.41, 5.74) is 7.43. The largest absolute Gasteiger partial charge is 0.323 e. The lowest BCUT2D eigenvalue weighted by molar-refractivity contribution is 0.831. The quantitative estimate of drug-likeness (QED) is 0.704. The average Bonchev–Trinajstić information content (AvgIpc) is 2.53.